The molecule has 1 aliphatic carbocycles. The monoisotopic (exact) mass is 279 g/mol. The molecule has 1 aliphatic rings. The Kier molecular flexibility index (Phi) is 5.08. The van der Waals surface area contributed by atoms with E-state index in [0.29, 0.717) is 0 Å². The van der Waals surface area contributed by atoms with E-state index < -0.39 is 0 Å². The van der Waals surface area contributed by atoms with Gasteiger partial charge in [-0.25, -0.2) is 0 Å². The fraction of sp³-hybridized carbons (Fsp3) is 0.765. The lowest BCUT2D eigenvalue weighted by molar-refractivity contribution is 0.322. The van der Waals surface area contributed by atoms with Gasteiger partial charge in [-0.15, -0.1) is 11.3 Å². The summed E-state index contributed by atoms with van der Waals surface area (Å²) >= 11 is 1.96. The van der Waals surface area contributed by atoms with Gasteiger partial charge in [-0.05, 0) is 56.1 Å². The van der Waals surface area contributed by atoms with E-state index in [1.807, 2.05) is 11.3 Å². The summed E-state index contributed by atoms with van der Waals surface area (Å²) in [5.74, 6) is 1.70. The van der Waals surface area contributed by atoms with Crippen molar-refractivity contribution in [2.24, 2.45) is 17.6 Å². The standard InChI is InChI=1S/C17H29NS/c1-4-15-7-8-16(19-15)12-17(18)10-5-6-14(9-11-17)13(2)3/h7-8,13-14H,4-6,9-12,18H2,1-3H3. The van der Waals surface area contributed by atoms with Crippen molar-refractivity contribution in [2.75, 3.05) is 0 Å². The summed E-state index contributed by atoms with van der Waals surface area (Å²) in [6.07, 6.45) is 8.65. The molecule has 0 spiro atoms. The normalized spacial score (nSPS) is 28.6. The van der Waals surface area contributed by atoms with Gasteiger partial charge in [0.1, 0.15) is 0 Å². The third-order valence-electron chi connectivity index (χ3n) is 4.80. The Morgan fingerprint density at radius 2 is 2.00 bits per heavy atom. The third-order valence-corrected chi connectivity index (χ3v) is 6.03. The topological polar surface area (TPSA) is 26.0 Å². The molecule has 0 amide bonds. The van der Waals surface area contributed by atoms with Gasteiger partial charge in [-0.3, -0.25) is 0 Å². The van der Waals surface area contributed by atoms with Crippen LogP contribution in [0, 0.1) is 11.8 Å². The molecule has 0 saturated heterocycles. The third kappa shape index (κ3) is 4.06. The molecule has 108 valence electrons. The van der Waals surface area contributed by atoms with Crippen molar-refractivity contribution in [3.05, 3.63) is 21.9 Å². The first kappa shape index (κ1) is 15.1. The van der Waals surface area contributed by atoms with Crippen LogP contribution in [0.25, 0.3) is 0 Å². The lowest BCUT2D eigenvalue weighted by atomic mass is 9.85. The Bertz CT molecular complexity index is 396. The molecule has 2 N–H and O–H groups in total. The fourth-order valence-electron chi connectivity index (χ4n) is 3.36. The predicted octanol–water partition coefficient (Wildman–Crippen LogP) is 4.79. The Morgan fingerprint density at radius 3 is 2.63 bits per heavy atom. The van der Waals surface area contributed by atoms with Crippen LogP contribution in [0.3, 0.4) is 0 Å². The van der Waals surface area contributed by atoms with Crippen molar-refractivity contribution in [1.29, 1.82) is 0 Å². The first-order chi connectivity index (χ1) is 9.02. The van der Waals surface area contributed by atoms with Crippen molar-refractivity contribution in [3.63, 3.8) is 0 Å². The van der Waals surface area contributed by atoms with Gasteiger partial charge in [0.05, 0.1) is 0 Å². The molecule has 2 heteroatoms. The summed E-state index contributed by atoms with van der Waals surface area (Å²) in [6.45, 7) is 6.95. The molecule has 2 rings (SSSR count). The number of rotatable bonds is 4. The maximum Gasteiger partial charge on any atom is 0.0203 e. The summed E-state index contributed by atoms with van der Waals surface area (Å²) in [4.78, 5) is 2.98. The lowest BCUT2D eigenvalue weighted by Gasteiger charge is -2.28. The smallest absolute Gasteiger partial charge is 0.0203 e. The average molecular weight is 279 g/mol. The SMILES string of the molecule is CCc1ccc(CC2(N)CCCC(C(C)C)CC2)s1. The minimum atomic E-state index is 0.0551. The molecule has 2 atom stereocenters. The van der Waals surface area contributed by atoms with Gasteiger partial charge >= 0.3 is 0 Å². The Morgan fingerprint density at radius 1 is 1.26 bits per heavy atom. The van der Waals surface area contributed by atoms with E-state index in [1.54, 1.807) is 0 Å². The van der Waals surface area contributed by atoms with Crippen molar-refractivity contribution in [1.82, 2.24) is 0 Å². The van der Waals surface area contributed by atoms with Crippen molar-refractivity contribution in [2.45, 2.75) is 71.3 Å². The van der Waals surface area contributed by atoms with Crippen LogP contribution in [-0.4, -0.2) is 5.54 Å². The molecule has 1 saturated carbocycles. The van der Waals surface area contributed by atoms with Crippen LogP contribution in [0.4, 0.5) is 0 Å². The summed E-state index contributed by atoms with van der Waals surface area (Å²) in [7, 11) is 0. The van der Waals surface area contributed by atoms with Gasteiger partial charge < -0.3 is 5.73 Å². The van der Waals surface area contributed by atoms with E-state index >= 15 is 0 Å². The highest BCUT2D eigenvalue weighted by atomic mass is 32.1. The van der Waals surface area contributed by atoms with Gasteiger partial charge in [0.15, 0.2) is 0 Å². The summed E-state index contributed by atoms with van der Waals surface area (Å²) in [5.41, 5.74) is 6.77. The van der Waals surface area contributed by atoms with Crippen LogP contribution in [0.2, 0.25) is 0 Å². The molecule has 1 fully saturated rings. The molecular formula is C17H29NS. The minimum absolute atomic E-state index is 0.0551. The number of hydrogen-bond donors (Lipinski definition) is 1. The maximum absolute atomic E-state index is 6.71. The summed E-state index contributed by atoms with van der Waals surface area (Å²) in [6, 6.07) is 4.57. The molecule has 0 aliphatic heterocycles. The molecule has 0 bridgehead atoms. The van der Waals surface area contributed by atoms with Gasteiger partial charge in [0.2, 0.25) is 0 Å². The van der Waals surface area contributed by atoms with Gasteiger partial charge in [-0.2, -0.15) is 0 Å². The zero-order chi connectivity index (χ0) is 13.9. The molecule has 2 unspecified atom stereocenters. The Balaban J connectivity index is 1.98. The molecular weight excluding hydrogens is 250 g/mol. The highest BCUT2D eigenvalue weighted by molar-refractivity contribution is 7.12. The lowest BCUT2D eigenvalue weighted by Crippen LogP contribution is -2.41. The van der Waals surface area contributed by atoms with E-state index in [0.717, 1.165) is 24.7 Å². The van der Waals surface area contributed by atoms with Crippen LogP contribution < -0.4 is 5.73 Å². The first-order valence-electron chi connectivity index (χ1n) is 7.89. The van der Waals surface area contributed by atoms with E-state index in [2.05, 4.69) is 32.9 Å². The van der Waals surface area contributed by atoms with Crippen LogP contribution in [-0.2, 0) is 12.8 Å². The van der Waals surface area contributed by atoms with Crippen LogP contribution in [0.15, 0.2) is 12.1 Å². The Hall–Kier alpha value is -0.340. The highest BCUT2D eigenvalue weighted by Crippen LogP contribution is 2.35. The summed E-state index contributed by atoms with van der Waals surface area (Å²) in [5, 5.41) is 0. The molecule has 1 nitrogen and oxygen atoms in total. The van der Waals surface area contributed by atoms with Gasteiger partial charge in [0.25, 0.3) is 0 Å². The van der Waals surface area contributed by atoms with Gasteiger partial charge in [0, 0.05) is 15.3 Å². The van der Waals surface area contributed by atoms with Crippen molar-refractivity contribution >= 4 is 11.3 Å². The maximum atomic E-state index is 6.71. The van der Waals surface area contributed by atoms with Gasteiger partial charge in [-0.1, -0.05) is 33.6 Å². The zero-order valence-corrected chi connectivity index (χ0v) is 13.6. The number of aryl methyl sites for hydroxylation is 1. The van der Waals surface area contributed by atoms with Crippen LogP contribution in [0.5, 0.6) is 0 Å². The minimum Gasteiger partial charge on any atom is -0.325 e. The number of nitrogens with two attached hydrogens (primary N) is 1. The Labute approximate surface area is 122 Å². The van der Waals surface area contributed by atoms with Crippen LogP contribution >= 0.6 is 11.3 Å². The zero-order valence-electron chi connectivity index (χ0n) is 12.7. The molecule has 1 heterocycles. The second-order valence-corrected chi connectivity index (χ2v) is 7.95. The fourth-order valence-corrected chi connectivity index (χ4v) is 4.47. The van der Waals surface area contributed by atoms with E-state index in [4.69, 9.17) is 5.73 Å². The van der Waals surface area contributed by atoms with Crippen molar-refractivity contribution < 1.29 is 0 Å². The molecule has 1 aromatic rings. The molecule has 1 aromatic heterocycles. The number of hydrogen-bond acceptors (Lipinski definition) is 2. The predicted molar refractivity (Wildman–Crippen MR) is 85.7 cm³/mol. The second kappa shape index (κ2) is 6.41. The first-order valence-corrected chi connectivity index (χ1v) is 8.70. The molecule has 19 heavy (non-hydrogen) atoms. The number of thiophene rings is 1. The summed E-state index contributed by atoms with van der Waals surface area (Å²) < 4.78 is 0. The second-order valence-electron chi connectivity index (χ2n) is 6.70. The van der Waals surface area contributed by atoms with E-state index in [1.165, 1.54) is 41.9 Å². The quantitative estimate of drug-likeness (QED) is 0.788. The van der Waals surface area contributed by atoms with Crippen LogP contribution in [0.1, 0.15) is 62.6 Å². The molecule has 0 radical (unpaired) electrons. The van der Waals surface area contributed by atoms with E-state index in [9.17, 15) is 0 Å². The molecule has 0 aromatic carbocycles. The highest BCUT2D eigenvalue weighted by Gasteiger charge is 2.30. The van der Waals surface area contributed by atoms with E-state index in [-0.39, 0.29) is 5.54 Å². The average Bonchev–Trinajstić information content (AvgIpc) is 2.71. The van der Waals surface area contributed by atoms with Crippen molar-refractivity contribution in [3.8, 4) is 0 Å². The largest absolute Gasteiger partial charge is 0.325 e.